The zero-order valence-electron chi connectivity index (χ0n) is 15.5. The summed E-state index contributed by atoms with van der Waals surface area (Å²) in [5, 5.41) is 0. The minimum atomic E-state index is -0.305. The number of ether oxygens (including phenoxy) is 2. The first-order valence-corrected chi connectivity index (χ1v) is 9.46. The highest BCUT2D eigenvalue weighted by Gasteiger charge is 2.33. The van der Waals surface area contributed by atoms with Crippen LogP contribution in [0, 0.1) is 0 Å². The van der Waals surface area contributed by atoms with Crippen LogP contribution in [0.15, 0.2) is 79.0 Å². The Morgan fingerprint density at radius 1 is 1.00 bits per heavy atom. The molecule has 0 saturated carbocycles. The lowest BCUT2D eigenvalue weighted by Crippen LogP contribution is -2.31. The Labute approximate surface area is 164 Å². The lowest BCUT2D eigenvalue weighted by atomic mass is 10.1. The highest BCUT2D eigenvalue weighted by atomic mass is 16.6. The van der Waals surface area contributed by atoms with Gasteiger partial charge in [-0.15, -0.1) is 0 Å². The maximum atomic E-state index is 12.7. The summed E-state index contributed by atoms with van der Waals surface area (Å²) < 4.78 is 11.5. The molecule has 0 spiro atoms. The van der Waals surface area contributed by atoms with Crippen LogP contribution in [-0.2, 0) is 11.3 Å². The first-order valence-electron chi connectivity index (χ1n) is 9.46. The van der Waals surface area contributed by atoms with Crippen LogP contribution in [-0.4, -0.2) is 22.5 Å². The molecule has 5 nitrogen and oxygen atoms in total. The van der Waals surface area contributed by atoms with Gasteiger partial charge in [-0.1, -0.05) is 48.5 Å². The minimum Gasteiger partial charge on any atom is -0.445 e. The standard InChI is InChI=1S/C23H22N2O3/c26-23(27-17-18-9-3-1-4-10-18)25-16-8-14-21(25)20-13-7-15-24-22(20)28-19-11-5-2-6-12-19/h1-7,9-13,15,21H,8,14,16-17H2/t21-/m1/s1. The average Bonchev–Trinajstić information content (AvgIpc) is 3.24. The second-order valence-electron chi connectivity index (χ2n) is 6.70. The van der Waals surface area contributed by atoms with E-state index < -0.39 is 0 Å². The quantitative estimate of drug-likeness (QED) is 0.604. The second kappa shape index (κ2) is 8.57. The number of nitrogens with zero attached hydrogens (tertiary/aromatic N) is 2. The number of hydrogen-bond donors (Lipinski definition) is 0. The van der Waals surface area contributed by atoms with Gasteiger partial charge in [-0.2, -0.15) is 0 Å². The molecule has 1 fully saturated rings. The summed E-state index contributed by atoms with van der Waals surface area (Å²) in [6.45, 7) is 0.932. The number of hydrogen-bond acceptors (Lipinski definition) is 4. The van der Waals surface area contributed by atoms with Gasteiger partial charge in [0, 0.05) is 18.3 Å². The van der Waals surface area contributed by atoms with E-state index in [0.29, 0.717) is 12.4 Å². The largest absolute Gasteiger partial charge is 0.445 e. The molecule has 3 aromatic rings. The fraction of sp³-hybridized carbons (Fsp3) is 0.217. The molecule has 1 aromatic heterocycles. The second-order valence-corrected chi connectivity index (χ2v) is 6.70. The van der Waals surface area contributed by atoms with Crippen molar-refractivity contribution >= 4 is 6.09 Å². The number of rotatable bonds is 5. The minimum absolute atomic E-state index is 0.101. The Morgan fingerprint density at radius 2 is 1.75 bits per heavy atom. The maximum absolute atomic E-state index is 12.7. The molecule has 0 aliphatic carbocycles. The van der Waals surface area contributed by atoms with Crippen LogP contribution in [0.4, 0.5) is 4.79 Å². The van der Waals surface area contributed by atoms with Gasteiger partial charge in [0.05, 0.1) is 6.04 Å². The van der Waals surface area contributed by atoms with E-state index in [1.54, 1.807) is 11.1 Å². The normalized spacial score (nSPS) is 16.0. The Hall–Kier alpha value is -3.34. The SMILES string of the molecule is O=C(OCc1ccccc1)N1CCC[C@@H]1c1cccnc1Oc1ccccc1. The predicted octanol–water partition coefficient (Wildman–Crippen LogP) is 5.35. The summed E-state index contributed by atoms with van der Waals surface area (Å²) in [4.78, 5) is 18.9. The summed E-state index contributed by atoms with van der Waals surface area (Å²) in [6, 6.07) is 23.0. The molecule has 28 heavy (non-hydrogen) atoms. The molecular formula is C23H22N2O3. The molecule has 4 rings (SSSR count). The number of likely N-dealkylation sites (tertiary alicyclic amines) is 1. The first kappa shape index (κ1) is 18.0. The predicted molar refractivity (Wildman–Crippen MR) is 106 cm³/mol. The first-order chi connectivity index (χ1) is 13.8. The Balaban J connectivity index is 1.49. The summed E-state index contributed by atoms with van der Waals surface area (Å²) in [7, 11) is 0. The molecule has 1 amide bonds. The third-order valence-corrected chi connectivity index (χ3v) is 4.81. The smallest absolute Gasteiger partial charge is 0.410 e. The van der Waals surface area contributed by atoms with Crippen LogP contribution >= 0.6 is 0 Å². The van der Waals surface area contributed by atoms with Crippen molar-refractivity contribution in [1.29, 1.82) is 0 Å². The van der Waals surface area contributed by atoms with E-state index in [-0.39, 0.29) is 18.7 Å². The van der Waals surface area contributed by atoms with Gasteiger partial charge in [-0.3, -0.25) is 0 Å². The Kier molecular flexibility index (Phi) is 5.52. The number of para-hydroxylation sites is 1. The number of aromatic nitrogens is 1. The fourth-order valence-corrected chi connectivity index (χ4v) is 3.45. The van der Waals surface area contributed by atoms with E-state index in [1.165, 1.54) is 0 Å². The molecule has 1 aliphatic rings. The van der Waals surface area contributed by atoms with Crippen LogP contribution in [0.25, 0.3) is 0 Å². The van der Waals surface area contributed by atoms with Crippen molar-refractivity contribution < 1.29 is 14.3 Å². The van der Waals surface area contributed by atoms with Crippen molar-refractivity contribution in [3.63, 3.8) is 0 Å². The lowest BCUT2D eigenvalue weighted by Gasteiger charge is -2.25. The van der Waals surface area contributed by atoms with Crippen molar-refractivity contribution in [3.8, 4) is 11.6 Å². The number of pyridine rings is 1. The van der Waals surface area contributed by atoms with Gasteiger partial charge in [0.1, 0.15) is 12.4 Å². The summed E-state index contributed by atoms with van der Waals surface area (Å²) in [6.07, 6.45) is 3.18. The van der Waals surface area contributed by atoms with E-state index in [1.807, 2.05) is 72.8 Å². The molecule has 0 radical (unpaired) electrons. The fourth-order valence-electron chi connectivity index (χ4n) is 3.45. The van der Waals surface area contributed by atoms with Crippen LogP contribution in [0.1, 0.15) is 30.0 Å². The van der Waals surface area contributed by atoms with Crippen molar-refractivity contribution in [2.24, 2.45) is 0 Å². The number of benzene rings is 2. The van der Waals surface area contributed by atoms with Crippen LogP contribution in [0.2, 0.25) is 0 Å². The topological polar surface area (TPSA) is 51.7 Å². The molecular weight excluding hydrogens is 352 g/mol. The van der Waals surface area contributed by atoms with Gasteiger partial charge in [0.25, 0.3) is 0 Å². The zero-order chi connectivity index (χ0) is 19.2. The third-order valence-electron chi connectivity index (χ3n) is 4.81. The summed E-state index contributed by atoms with van der Waals surface area (Å²) in [5.41, 5.74) is 1.88. The molecule has 1 aliphatic heterocycles. The third kappa shape index (κ3) is 4.14. The van der Waals surface area contributed by atoms with Gasteiger partial charge >= 0.3 is 6.09 Å². The Bertz CT molecular complexity index is 915. The zero-order valence-corrected chi connectivity index (χ0v) is 15.5. The van der Waals surface area contributed by atoms with Crippen molar-refractivity contribution in [1.82, 2.24) is 9.88 Å². The Morgan fingerprint density at radius 3 is 2.54 bits per heavy atom. The van der Waals surface area contributed by atoms with Gasteiger partial charge in [0.2, 0.25) is 5.88 Å². The van der Waals surface area contributed by atoms with Gasteiger partial charge in [0.15, 0.2) is 0 Å². The van der Waals surface area contributed by atoms with E-state index in [9.17, 15) is 4.79 Å². The van der Waals surface area contributed by atoms with Gasteiger partial charge < -0.3 is 14.4 Å². The van der Waals surface area contributed by atoms with Crippen molar-refractivity contribution in [3.05, 3.63) is 90.1 Å². The average molecular weight is 374 g/mol. The van der Waals surface area contributed by atoms with E-state index in [0.717, 1.165) is 29.7 Å². The summed E-state index contributed by atoms with van der Waals surface area (Å²) in [5.74, 6) is 1.25. The van der Waals surface area contributed by atoms with Crippen molar-refractivity contribution in [2.75, 3.05) is 6.54 Å². The van der Waals surface area contributed by atoms with Crippen molar-refractivity contribution in [2.45, 2.75) is 25.5 Å². The van der Waals surface area contributed by atoms with Crippen LogP contribution in [0.5, 0.6) is 11.6 Å². The van der Waals surface area contributed by atoms with Crippen LogP contribution in [0.3, 0.4) is 0 Å². The molecule has 2 aromatic carbocycles. The number of carbonyl (C=O) groups is 1. The molecule has 0 bridgehead atoms. The lowest BCUT2D eigenvalue weighted by molar-refractivity contribution is 0.0917. The molecule has 2 heterocycles. The van der Waals surface area contributed by atoms with E-state index in [4.69, 9.17) is 9.47 Å². The molecule has 5 heteroatoms. The molecule has 142 valence electrons. The highest BCUT2D eigenvalue weighted by molar-refractivity contribution is 5.69. The molecule has 1 saturated heterocycles. The van der Waals surface area contributed by atoms with E-state index >= 15 is 0 Å². The maximum Gasteiger partial charge on any atom is 0.410 e. The molecule has 0 unspecified atom stereocenters. The number of amides is 1. The molecule has 0 N–H and O–H groups in total. The highest BCUT2D eigenvalue weighted by Crippen LogP contribution is 2.37. The van der Waals surface area contributed by atoms with Gasteiger partial charge in [-0.05, 0) is 42.7 Å². The van der Waals surface area contributed by atoms with E-state index in [2.05, 4.69) is 4.98 Å². The number of carbonyl (C=O) groups excluding carboxylic acids is 1. The monoisotopic (exact) mass is 374 g/mol. The molecule has 1 atom stereocenters. The van der Waals surface area contributed by atoms with Crippen LogP contribution < -0.4 is 4.74 Å². The summed E-state index contributed by atoms with van der Waals surface area (Å²) >= 11 is 0. The van der Waals surface area contributed by atoms with Gasteiger partial charge in [-0.25, -0.2) is 9.78 Å².